The number of nitrogens with one attached hydrogen (secondary N) is 1. The molecule has 7 heteroatoms. The largest absolute Gasteiger partial charge is 0.454 e. The standard InChI is InChI=1S/C21H19ClFNO4/c1-2-3-20(26)24-16-8-6-15(7-9-16)19(25)13-28-21(27)11-5-14-4-10-18(23)17(22)12-14/h4-12H,2-3,13H2,1H3,(H,24,26)/b11-5+. The predicted octanol–water partition coefficient (Wildman–Crippen LogP) is 4.66. The van der Waals surface area contributed by atoms with Crippen molar-refractivity contribution in [2.24, 2.45) is 0 Å². The molecule has 2 aromatic rings. The highest BCUT2D eigenvalue weighted by Gasteiger charge is 2.09. The van der Waals surface area contributed by atoms with Gasteiger partial charge in [-0.2, -0.15) is 0 Å². The summed E-state index contributed by atoms with van der Waals surface area (Å²) < 4.78 is 18.0. The fourth-order valence-corrected chi connectivity index (χ4v) is 2.43. The van der Waals surface area contributed by atoms with Gasteiger partial charge in [-0.05, 0) is 54.5 Å². The Bertz CT molecular complexity index is 894. The number of hydrogen-bond donors (Lipinski definition) is 1. The highest BCUT2D eigenvalue weighted by molar-refractivity contribution is 6.30. The number of Topliss-reactive ketones (excluding diaryl/α,β-unsaturated/α-hetero) is 1. The van der Waals surface area contributed by atoms with E-state index in [1.165, 1.54) is 24.3 Å². The van der Waals surface area contributed by atoms with Gasteiger partial charge in [-0.25, -0.2) is 9.18 Å². The van der Waals surface area contributed by atoms with E-state index in [1.54, 1.807) is 24.3 Å². The Balaban J connectivity index is 1.85. The summed E-state index contributed by atoms with van der Waals surface area (Å²) in [6.45, 7) is 1.49. The van der Waals surface area contributed by atoms with Crippen molar-refractivity contribution >= 4 is 41.0 Å². The molecule has 1 N–H and O–H groups in total. The fourth-order valence-electron chi connectivity index (χ4n) is 2.24. The predicted molar refractivity (Wildman–Crippen MR) is 106 cm³/mol. The van der Waals surface area contributed by atoms with E-state index in [0.29, 0.717) is 23.2 Å². The highest BCUT2D eigenvalue weighted by Crippen LogP contribution is 2.17. The van der Waals surface area contributed by atoms with Crippen LogP contribution in [0.5, 0.6) is 0 Å². The van der Waals surface area contributed by atoms with E-state index in [2.05, 4.69) is 5.32 Å². The minimum absolute atomic E-state index is 0.0555. The van der Waals surface area contributed by atoms with Crippen molar-refractivity contribution in [1.29, 1.82) is 0 Å². The molecule has 28 heavy (non-hydrogen) atoms. The highest BCUT2D eigenvalue weighted by atomic mass is 35.5. The number of ether oxygens (including phenoxy) is 1. The van der Waals surface area contributed by atoms with Crippen molar-refractivity contribution in [3.05, 3.63) is 70.5 Å². The third-order valence-corrected chi connectivity index (χ3v) is 3.96. The number of amides is 1. The quantitative estimate of drug-likeness (QED) is 0.395. The molecule has 5 nitrogen and oxygen atoms in total. The van der Waals surface area contributed by atoms with Crippen LogP contribution in [0.1, 0.15) is 35.7 Å². The van der Waals surface area contributed by atoms with Crippen molar-refractivity contribution < 1.29 is 23.5 Å². The molecule has 146 valence electrons. The second kappa shape index (κ2) is 10.4. The smallest absolute Gasteiger partial charge is 0.331 e. The Morgan fingerprint density at radius 1 is 1.14 bits per heavy atom. The number of esters is 1. The molecule has 0 fully saturated rings. The van der Waals surface area contributed by atoms with Crippen LogP contribution in [0.25, 0.3) is 6.08 Å². The number of anilines is 1. The first kappa shape index (κ1) is 21.3. The zero-order chi connectivity index (χ0) is 20.5. The first-order valence-electron chi connectivity index (χ1n) is 8.62. The van der Waals surface area contributed by atoms with Gasteiger partial charge in [-0.1, -0.05) is 24.6 Å². The lowest BCUT2D eigenvalue weighted by atomic mass is 10.1. The molecule has 0 bridgehead atoms. The maximum absolute atomic E-state index is 13.1. The van der Waals surface area contributed by atoms with Gasteiger partial charge in [0, 0.05) is 23.7 Å². The molecule has 0 aliphatic carbocycles. The zero-order valence-electron chi connectivity index (χ0n) is 15.2. The minimum atomic E-state index is -0.711. The molecule has 0 aromatic heterocycles. The summed E-state index contributed by atoms with van der Waals surface area (Å²) in [5.74, 6) is -1.73. The minimum Gasteiger partial charge on any atom is -0.454 e. The number of rotatable bonds is 8. The van der Waals surface area contributed by atoms with Gasteiger partial charge < -0.3 is 10.1 Å². The molecule has 0 atom stereocenters. The summed E-state index contributed by atoms with van der Waals surface area (Å²) in [5.41, 5.74) is 1.47. The summed E-state index contributed by atoms with van der Waals surface area (Å²) in [6, 6.07) is 10.3. The van der Waals surface area contributed by atoms with Crippen molar-refractivity contribution in [2.45, 2.75) is 19.8 Å². The molecular formula is C21H19ClFNO4. The van der Waals surface area contributed by atoms with Crippen LogP contribution in [-0.2, 0) is 14.3 Å². The first-order valence-corrected chi connectivity index (χ1v) is 9.00. The van der Waals surface area contributed by atoms with Crippen molar-refractivity contribution in [2.75, 3.05) is 11.9 Å². The van der Waals surface area contributed by atoms with Gasteiger partial charge in [-0.15, -0.1) is 0 Å². The van der Waals surface area contributed by atoms with Crippen LogP contribution in [0, 0.1) is 5.82 Å². The molecule has 0 unspecified atom stereocenters. The number of carbonyl (C=O) groups excluding carboxylic acids is 3. The Morgan fingerprint density at radius 3 is 2.50 bits per heavy atom. The van der Waals surface area contributed by atoms with Gasteiger partial charge in [0.1, 0.15) is 5.82 Å². The Labute approximate surface area is 167 Å². The lowest BCUT2D eigenvalue weighted by Crippen LogP contribution is -2.13. The second-order valence-corrected chi connectivity index (χ2v) is 6.32. The zero-order valence-corrected chi connectivity index (χ0v) is 16.0. The third kappa shape index (κ3) is 6.63. The lowest BCUT2D eigenvalue weighted by Gasteiger charge is -2.06. The third-order valence-electron chi connectivity index (χ3n) is 3.67. The molecule has 0 saturated heterocycles. The maximum atomic E-state index is 13.1. The van der Waals surface area contributed by atoms with E-state index in [1.807, 2.05) is 6.92 Å². The SMILES string of the molecule is CCCC(=O)Nc1ccc(C(=O)COC(=O)/C=C/c2ccc(F)c(Cl)c2)cc1. The number of carbonyl (C=O) groups is 3. The van der Waals surface area contributed by atoms with Crippen molar-refractivity contribution in [1.82, 2.24) is 0 Å². The monoisotopic (exact) mass is 403 g/mol. The van der Waals surface area contributed by atoms with E-state index in [0.717, 1.165) is 12.5 Å². The van der Waals surface area contributed by atoms with Crippen LogP contribution in [-0.4, -0.2) is 24.3 Å². The van der Waals surface area contributed by atoms with Crippen LogP contribution in [0.3, 0.4) is 0 Å². The van der Waals surface area contributed by atoms with Gasteiger partial charge >= 0.3 is 5.97 Å². The van der Waals surface area contributed by atoms with Crippen molar-refractivity contribution in [3.8, 4) is 0 Å². The number of ketones is 1. The molecule has 0 aliphatic rings. The van der Waals surface area contributed by atoms with Crippen LogP contribution in [0.4, 0.5) is 10.1 Å². The van der Waals surface area contributed by atoms with Gasteiger partial charge in [0.15, 0.2) is 12.4 Å². The lowest BCUT2D eigenvalue weighted by molar-refractivity contribution is -0.136. The fraction of sp³-hybridized carbons (Fsp3) is 0.190. The van der Waals surface area contributed by atoms with Crippen LogP contribution >= 0.6 is 11.6 Å². The van der Waals surface area contributed by atoms with Gasteiger partial charge in [0.2, 0.25) is 5.91 Å². The summed E-state index contributed by atoms with van der Waals surface area (Å²) >= 11 is 5.66. The van der Waals surface area contributed by atoms with Crippen molar-refractivity contribution in [3.63, 3.8) is 0 Å². The summed E-state index contributed by atoms with van der Waals surface area (Å²) in [6.07, 6.45) is 3.71. The maximum Gasteiger partial charge on any atom is 0.331 e. The van der Waals surface area contributed by atoms with E-state index in [-0.39, 0.29) is 16.7 Å². The average Bonchev–Trinajstić information content (AvgIpc) is 2.67. The van der Waals surface area contributed by atoms with Crippen LogP contribution in [0.15, 0.2) is 48.5 Å². The Hall–Kier alpha value is -2.99. The molecular weight excluding hydrogens is 385 g/mol. The molecule has 0 heterocycles. The summed E-state index contributed by atoms with van der Waals surface area (Å²) in [4.78, 5) is 35.4. The molecule has 2 aromatic carbocycles. The molecule has 0 radical (unpaired) electrons. The summed E-state index contributed by atoms with van der Waals surface area (Å²) in [7, 11) is 0. The van der Waals surface area contributed by atoms with E-state index in [9.17, 15) is 18.8 Å². The van der Waals surface area contributed by atoms with Crippen LogP contribution < -0.4 is 5.32 Å². The molecule has 2 rings (SSSR count). The van der Waals surface area contributed by atoms with Gasteiger partial charge in [0.05, 0.1) is 5.02 Å². The Morgan fingerprint density at radius 2 is 1.86 bits per heavy atom. The molecule has 0 saturated carbocycles. The molecule has 1 amide bonds. The topological polar surface area (TPSA) is 72.5 Å². The van der Waals surface area contributed by atoms with E-state index < -0.39 is 18.4 Å². The molecule has 0 spiro atoms. The number of halogens is 2. The molecule has 0 aliphatic heterocycles. The van der Waals surface area contributed by atoms with Gasteiger partial charge in [0.25, 0.3) is 0 Å². The first-order chi connectivity index (χ1) is 13.4. The second-order valence-electron chi connectivity index (χ2n) is 5.91. The average molecular weight is 404 g/mol. The van der Waals surface area contributed by atoms with Gasteiger partial charge in [-0.3, -0.25) is 9.59 Å². The van der Waals surface area contributed by atoms with Crippen LogP contribution in [0.2, 0.25) is 5.02 Å². The van der Waals surface area contributed by atoms with E-state index in [4.69, 9.17) is 16.3 Å². The Kier molecular flexibility index (Phi) is 7.89. The summed E-state index contributed by atoms with van der Waals surface area (Å²) in [5, 5.41) is 2.67. The number of benzene rings is 2. The van der Waals surface area contributed by atoms with E-state index >= 15 is 0 Å². The number of hydrogen-bond acceptors (Lipinski definition) is 4. The normalized spacial score (nSPS) is 10.7.